The monoisotopic (exact) mass is 297 g/mol. The van der Waals surface area contributed by atoms with Crippen molar-refractivity contribution in [3.63, 3.8) is 0 Å². The van der Waals surface area contributed by atoms with Gasteiger partial charge in [-0.05, 0) is 48.4 Å². The Hall–Kier alpha value is -1.67. The van der Waals surface area contributed by atoms with Crippen molar-refractivity contribution in [2.75, 3.05) is 0 Å². The van der Waals surface area contributed by atoms with Crippen molar-refractivity contribution in [1.82, 2.24) is 4.98 Å². The van der Waals surface area contributed by atoms with Crippen LogP contribution in [0.4, 0.5) is 0 Å². The molecule has 18 heavy (non-hydrogen) atoms. The molecule has 0 saturated heterocycles. The number of benzene rings is 2. The number of halogens is 1. The van der Waals surface area contributed by atoms with Crippen LogP contribution in [0.1, 0.15) is 5.56 Å². The molecule has 0 bridgehead atoms. The highest BCUT2D eigenvalue weighted by Gasteiger charge is 2.04. The Morgan fingerprint density at radius 1 is 0.944 bits per heavy atom. The summed E-state index contributed by atoms with van der Waals surface area (Å²) in [6.07, 6.45) is 1.87. The molecule has 88 valence electrons. The Morgan fingerprint density at radius 3 is 2.50 bits per heavy atom. The first-order valence-electron chi connectivity index (χ1n) is 5.85. The Kier molecular flexibility index (Phi) is 2.88. The zero-order valence-electron chi connectivity index (χ0n) is 10.0. The Morgan fingerprint density at radius 2 is 1.72 bits per heavy atom. The van der Waals surface area contributed by atoms with E-state index < -0.39 is 0 Å². The molecule has 0 aliphatic heterocycles. The van der Waals surface area contributed by atoms with Gasteiger partial charge >= 0.3 is 0 Å². The first-order chi connectivity index (χ1) is 8.74. The van der Waals surface area contributed by atoms with Crippen LogP contribution in [-0.2, 0) is 0 Å². The van der Waals surface area contributed by atoms with Crippen LogP contribution in [0.25, 0.3) is 22.0 Å². The summed E-state index contributed by atoms with van der Waals surface area (Å²) >= 11 is 3.47. The zero-order chi connectivity index (χ0) is 12.5. The van der Waals surface area contributed by atoms with E-state index in [2.05, 4.69) is 76.4 Å². The van der Waals surface area contributed by atoms with E-state index >= 15 is 0 Å². The van der Waals surface area contributed by atoms with Crippen LogP contribution in [0, 0.1) is 6.92 Å². The number of pyridine rings is 1. The van der Waals surface area contributed by atoms with Gasteiger partial charge in [0.25, 0.3) is 0 Å². The Balaban J connectivity index is 2.28. The lowest BCUT2D eigenvalue weighted by Gasteiger charge is -2.07. The summed E-state index contributed by atoms with van der Waals surface area (Å²) in [6.45, 7) is 2.11. The number of nitrogens with zero attached hydrogens (tertiary/aromatic N) is 1. The van der Waals surface area contributed by atoms with Gasteiger partial charge in [0.2, 0.25) is 0 Å². The molecule has 0 aliphatic carbocycles. The molecule has 0 fully saturated rings. The molecule has 1 nitrogen and oxygen atoms in total. The van der Waals surface area contributed by atoms with Crippen LogP contribution in [0.2, 0.25) is 0 Å². The van der Waals surface area contributed by atoms with E-state index in [1.807, 2.05) is 6.20 Å². The van der Waals surface area contributed by atoms with Crippen molar-refractivity contribution < 1.29 is 0 Å². The second-order valence-electron chi connectivity index (χ2n) is 4.39. The molecule has 0 aliphatic rings. The maximum Gasteiger partial charge on any atom is 0.0708 e. The van der Waals surface area contributed by atoms with E-state index in [1.165, 1.54) is 22.1 Å². The number of hydrogen-bond donors (Lipinski definition) is 0. The molecule has 0 N–H and O–H groups in total. The molecule has 0 radical (unpaired) electrons. The van der Waals surface area contributed by atoms with Crippen molar-refractivity contribution >= 4 is 26.8 Å². The summed E-state index contributed by atoms with van der Waals surface area (Å²) in [5.41, 5.74) is 4.75. The largest absolute Gasteiger partial charge is 0.256 e. The van der Waals surface area contributed by atoms with Gasteiger partial charge in [-0.2, -0.15) is 0 Å². The van der Waals surface area contributed by atoms with Crippen LogP contribution in [0.15, 0.2) is 59.2 Å². The number of aryl methyl sites for hydroxylation is 1. The molecule has 1 aromatic heterocycles. The summed E-state index contributed by atoms with van der Waals surface area (Å²) < 4.78 is 1.10. The van der Waals surface area contributed by atoms with Gasteiger partial charge < -0.3 is 0 Å². The van der Waals surface area contributed by atoms with Gasteiger partial charge in [0.15, 0.2) is 0 Å². The number of hydrogen-bond acceptors (Lipinski definition) is 1. The van der Waals surface area contributed by atoms with Crippen molar-refractivity contribution in [3.05, 3.63) is 64.8 Å². The lowest BCUT2D eigenvalue weighted by molar-refractivity contribution is 1.39. The van der Waals surface area contributed by atoms with Crippen LogP contribution in [0.5, 0.6) is 0 Å². The molecule has 2 heteroatoms. The highest BCUT2D eigenvalue weighted by Crippen LogP contribution is 2.28. The quantitative estimate of drug-likeness (QED) is 0.618. The molecular formula is C16H12BrN. The molecular weight excluding hydrogens is 286 g/mol. The van der Waals surface area contributed by atoms with Crippen molar-refractivity contribution in [2.45, 2.75) is 6.92 Å². The third kappa shape index (κ3) is 2.04. The van der Waals surface area contributed by atoms with Crippen molar-refractivity contribution in [1.29, 1.82) is 0 Å². The third-order valence-electron chi connectivity index (χ3n) is 3.05. The number of rotatable bonds is 1. The SMILES string of the molecule is Cc1ccc2nccc(-c3ccc(Br)cc3)c2c1. The highest BCUT2D eigenvalue weighted by molar-refractivity contribution is 9.10. The van der Waals surface area contributed by atoms with E-state index in [0.29, 0.717) is 0 Å². The lowest BCUT2D eigenvalue weighted by Crippen LogP contribution is -1.85. The Bertz CT molecular complexity index is 702. The molecule has 3 rings (SSSR count). The molecule has 0 atom stereocenters. The van der Waals surface area contributed by atoms with Crippen LogP contribution >= 0.6 is 15.9 Å². The van der Waals surface area contributed by atoms with Gasteiger partial charge in [0.05, 0.1) is 5.52 Å². The average Bonchev–Trinajstić information content (AvgIpc) is 2.39. The number of aromatic nitrogens is 1. The van der Waals surface area contributed by atoms with E-state index in [4.69, 9.17) is 0 Å². The van der Waals surface area contributed by atoms with Crippen molar-refractivity contribution in [2.24, 2.45) is 0 Å². The van der Waals surface area contributed by atoms with Crippen LogP contribution < -0.4 is 0 Å². The second-order valence-corrected chi connectivity index (χ2v) is 5.30. The van der Waals surface area contributed by atoms with Gasteiger partial charge in [0.1, 0.15) is 0 Å². The Labute approximate surface area is 115 Å². The van der Waals surface area contributed by atoms with Crippen LogP contribution in [0.3, 0.4) is 0 Å². The third-order valence-corrected chi connectivity index (χ3v) is 3.58. The van der Waals surface area contributed by atoms with E-state index in [9.17, 15) is 0 Å². The molecule has 0 saturated carbocycles. The van der Waals surface area contributed by atoms with Gasteiger partial charge in [-0.15, -0.1) is 0 Å². The predicted octanol–water partition coefficient (Wildman–Crippen LogP) is 4.97. The molecule has 0 unspecified atom stereocenters. The first-order valence-corrected chi connectivity index (χ1v) is 6.65. The number of fused-ring (bicyclic) bond motifs is 1. The zero-order valence-corrected chi connectivity index (χ0v) is 11.6. The van der Waals surface area contributed by atoms with Gasteiger partial charge in [0, 0.05) is 16.1 Å². The van der Waals surface area contributed by atoms with E-state index in [-0.39, 0.29) is 0 Å². The highest BCUT2D eigenvalue weighted by atomic mass is 79.9. The molecule has 3 aromatic rings. The van der Waals surface area contributed by atoms with Crippen molar-refractivity contribution in [3.8, 4) is 11.1 Å². The molecule has 0 spiro atoms. The molecule has 1 heterocycles. The summed E-state index contributed by atoms with van der Waals surface area (Å²) in [4.78, 5) is 4.42. The summed E-state index contributed by atoms with van der Waals surface area (Å²) in [5.74, 6) is 0. The maximum atomic E-state index is 4.42. The van der Waals surface area contributed by atoms with E-state index in [0.717, 1.165) is 9.99 Å². The average molecular weight is 298 g/mol. The summed E-state index contributed by atoms with van der Waals surface area (Å²) in [6, 6.07) is 16.8. The first kappa shape index (κ1) is 11.4. The fourth-order valence-corrected chi connectivity index (χ4v) is 2.41. The molecule has 0 amide bonds. The lowest BCUT2D eigenvalue weighted by atomic mass is 10.0. The minimum atomic E-state index is 1.04. The van der Waals surface area contributed by atoms with Gasteiger partial charge in [-0.25, -0.2) is 0 Å². The second kappa shape index (κ2) is 4.54. The fraction of sp³-hybridized carbons (Fsp3) is 0.0625. The van der Waals surface area contributed by atoms with Gasteiger partial charge in [-0.1, -0.05) is 39.7 Å². The summed E-state index contributed by atoms with van der Waals surface area (Å²) in [7, 11) is 0. The maximum absolute atomic E-state index is 4.42. The van der Waals surface area contributed by atoms with E-state index in [1.54, 1.807) is 0 Å². The van der Waals surface area contributed by atoms with Crippen LogP contribution in [-0.4, -0.2) is 4.98 Å². The smallest absolute Gasteiger partial charge is 0.0708 e. The van der Waals surface area contributed by atoms with Gasteiger partial charge in [-0.3, -0.25) is 4.98 Å². The standard InChI is InChI=1S/C16H12BrN/c1-11-2-7-16-15(10-11)14(8-9-18-16)12-3-5-13(17)6-4-12/h2-10H,1H3. The topological polar surface area (TPSA) is 12.9 Å². The summed E-state index contributed by atoms with van der Waals surface area (Å²) in [5, 5.41) is 1.21. The minimum Gasteiger partial charge on any atom is -0.256 e. The fourth-order valence-electron chi connectivity index (χ4n) is 2.14. The minimum absolute atomic E-state index is 1.04. The predicted molar refractivity (Wildman–Crippen MR) is 79.6 cm³/mol. The molecule has 2 aromatic carbocycles. The normalized spacial score (nSPS) is 10.8.